The van der Waals surface area contributed by atoms with Gasteiger partial charge in [-0.25, -0.2) is 4.79 Å². The van der Waals surface area contributed by atoms with Crippen LogP contribution in [0.15, 0.2) is 42.5 Å². The van der Waals surface area contributed by atoms with Crippen molar-refractivity contribution in [1.29, 1.82) is 0 Å². The molecular formula is C23H25NO3. The van der Waals surface area contributed by atoms with E-state index in [2.05, 4.69) is 24.4 Å². The van der Waals surface area contributed by atoms with Gasteiger partial charge in [-0.3, -0.25) is 4.79 Å². The summed E-state index contributed by atoms with van der Waals surface area (Å²) in [4.78, 5) is 24.2. The normalized spacial score (nSPS) is 14.1. The molecule has 4 nitrogen and oxygen atoms in total. The molecule has 2 aromatic carbocycles. The van der Waals surface area contributed by atoms with Crippen LogP contribution in [0.3, 0.4) is 0 Å². The number of methoxy groups -OCH3 is 1. The van der Waals surface area contributed by atoms with Crippen molar-refractivity contribution in [3.05, 3.63) is 64.7 Å². The van der Waals surface area contributed by atoms with Crippen LogP contribution in [0.4, 0.5) is 5.69 Å². The minimum absolute atomic E-state index is 0.146. The zero-order chi connectivity index (χ0) is 19.2. The van der Waals surface area contributed by atoms with Crippen molar-refractivity contribution in [2.75, 3.05) is 12.4 Å². The van der Waals surface area contributed by atoms with Crippen LogP contribution in [0, 0.1) is 0 Å². The van der Waals surface area contributed by atoms with E-state index in [1.54, 1.807) is 18.2 Å². The monoisotopic (exact) mass is 363 g/mol. The number of hydrogen-bond donors (Lipinski definition) is 1. The van der Waals surface area contributed by atoms with Crippen molar-refractivity contribution in [2.24, 2.45) is 0 Å². The molecule has 1 heterocycles. The minimum atomic E-state index is -0.415. The van der Waals surface area contributed by atoms with Crippen LogP contribution in [-0.2, 0) is 16.0 Å². The van der Waals surface area contributed by atoms with Crippen molar-refractivity contribution in [1.82, 2.24) is 0 Å². The van der Waals surface area contributed by atoms with Crippen LogP contribution in [0.2, 0.25) is 0 Å². The highest BCUT2D eigenvalue weighted by Gasteiger charge is 2.25. The maximum absolute atomic E-state index is 12.5. The maximum atomic E-state index is 12.5. The van der Waals surface area contributed by atoms with Gasteiger partial charge in [0.15, 0.2) is 0 Å². The molecule has 140 valence electrons. The van der Waals surface area contributed by atoms with Gasteiger partial charge in [0.25, 0.3) is 5.91 Å². The Kier molecular flexibility index (Phi) is 6.07. The number of anilines is 1. The summed E-state index contributed by atoms with van der Waals surface area (Å²) in [6.45, 7) is 2.21. The summed E-state index contributed by atoms with van der Waals surface area (Å²) in [5.41, 5.74) is 4.84. The van der Waals surface area contributed by atoms with Crippen LogP contribution in [-0.4, -0.2) is 19.0 Å². The Labute approximate surface area is 160 Å². The highest BCUT2D eigenvalue weighted by atomic mass is 16.5. The van der Waals surface area contributed by atoms with Crippen molar-refractivity contribution in [2.45, 2.75) is 39.0 Å². The standard InChI is InChI=1S/C23H25NO3/c1-3-4-5-6-9-16-10-7-8-11-17(16)14-20-19-13-12-18(23(26)27-2)15-21(19)24-22(20)25/h7-8,10-15H,3-6,9H2,1-2H3,(H,24,25)/b20-14+. The lowest BCUT2D eigenvalue weighted by atomic mass is 9.97. The van der Waals surface area contributed by atoms with Gasteiger partial charge < -0.3 is 10.1 Å². The van der Waals surface area contributed by atoms with Crippen LogP contribution in [0.5, 0.6) is 0 Å². The summed E-state index contributed by atoms with van der Waals surface area (Å²) in [5.74, 6) is -0.560. The molecule has 1 aliphatic heterocycles. The van der Waals surface area contributed by atoms with Crippen LogP contribution >= 0.6 is 0 Å². The second kappa shape index (κ2) is 8.67. The molecule has 2 aromatic rings. The number of aryl methyl sites for hydroxylation is 1. The molecule has 1 aliphatic rings. The third-order valence-electron chi connectivity index (χ3n) is 4.88. The van der Waals surface area contributed by atoms with Gasteiger partial charge in [0.05, 0.1) is 12.7 Å². The Hall–Kier alpha value is -2.88. The lowest BCUT2D eigenvalue weighted by Gasteiger charge is -2.07. The molecule has 1 amide bonds. The first-order chi connectivity index (χ1) is 13.1. The van der Waals surface area contributed by atoms with E-state index >= 15 is 0 Å². The van der Waals surface area contributed by atoms with E-state index in [0.717, 1.165) is 24.0 Å². The molecular weight excluding hydrogens is 338 g/mol. The number of amides is 1. The van der Waals surface area contributed by atoms with Gasteiger partial charge in [-0.05, 0) is 42.2 Å². The fourth-order valence-corrected chi connectivity index (χ4v) is 3.38. The summed E-state index contributed by atoms with van der Waals surface area (Å²) in [5, 5.41) is 2.85. The summed E-state index contributed by atoms with van der Waals surface area (Å²) < 4.78 is 4.75. The number of benzene rings is 2. The second-order valence-corrected chi connectivity index (χ2v) is 6.77. The number of nitrogens with one attached hydrogen (secondary N) is 1. The van der Waals surface area contributed by atoms with Gasteiger partial charge in [-0.15, -0.1) is 0 Å². The second-order valence-electron chi connectivity index (χ2n) is 6.77. The SMILES string of the molecule is CCCCCCc1ccccc1/C=C1/C(=O)Nc2cc(C(=O)OC)ccc21. The number of ether oxygens (including phenoxy) is 1. The lowest BCUT2D eigenvalue weighted by Crippen LogP contribution is -2.04. The quantitative estimate of drug-likeness (QED) is 0.423. The fourth-order valence-electron chi connectivity index (χ4n) is 3.38. The van der Waals surface area contributed by atoms with E-state index in [4.69, 9.17) is 4.74 Å². The van der Waals surface area contributed by atoms with E-state index in [9.17, 15) is 9.59 Å². The Bertz CT molecular complexity index is 883. The molecule has 0 saturated carbocycles. The third kappa shape index (κ3) is 4.27. The smallest absolute Gasteiger partial charge is 0.337 e. The van der Waals surface area contributed by atoms with Crippen LogP contribution in [0.25, 0.3) is 11.6 Å². The average molecular weight is 363 g/mol. The van der Waals surface area contributed by atoms with Crippen molar-refractivity contribution in [3.8, 4) is 0 Å². The number of unbranched alkanes of at least 4 members (excludes halogenated alkanes) is 3. The molecule has 0 fully saturated rings. The Morgan fingerprint density at radius 1 is 1.11 bits per heavy atom. The third-order valence-corrected chi connectivity index (χ3v) is 4.88. The molecule has 0 radical (unpaired) electrons. The first kappa shape index (κ1) is 18.9. The van der Waals surface area contributed by atoms with E-state index in [1.165, 1.54) is 31.9 Å². The zero-order valence-electron chi connectivity index (χ0n) is 15.9. The van der Waals surface area contributed by atoms with Crippen LogP contribution in [0.1, 0.15) is 59.7 Å². The Morgan fingerprint density at radius 3 is 2.70 bits per heavy atom. The molecule has 0 saturated heterocycles. The van der Waals surface area contributed by atoms with Gasteiger partial charge >= 0.3 is 5.97 Å². The number of carbonyl (C=O) groups excluding carboxylic acids is 2. The fraction of sp³-hybridized carbons (Fsp3) is 0.304. The van der Waals surface area contributed by atoms with Crippen molar-refractivity contribution >= 4 is 29.2 Å². The molecule has 4 heteroatoms. The predicted molar refractivity (Wildman–Crippen MR) is 109 cm³/mol. The zero-order valence-corrected chi connectivity index (χ0v) is 15.9. The molecule has 0 unspecified atom stereocenters. The van der Waals surface area contributed by atoms with Crippen LogP contribution < -0.4 is 5.32 Å². The lowest BCUT2D eigenvalue weighted by molar-refractivity contribution is -0.110. The number of rotatable bonds is 7. The Morgan fingerprint density at radius 2 is 1.93 bits per heavy atom. The van der Waals surface area contributed by atoms with Gasteiger partial charge in [0, 0.05) is 16.8 Å². The van der Waals surface area contributed by atoms with Gasteiger partial charge in [-0.2, -0.15) is 0 Å². The molecule has 1 N–H and O–H groups in total. The number of esters is 1. The number of carbonyl (C=O) groups is 2. The molecule has 3 rings (SSSR count). The number of fused-ring (bicyclic) bond motifs is 1. The molecule has 0 aromatic heterocycles. The maximum Gasteiger partial charge on any atom is 0.337 e. The summed E-state index contributed by atoms with van der Waals surface area (Å²) >= 11 is 0. The summed E-state index contributed by atoms with van der Waals surface area (Å²) in [6.07, 6.45) is 7.81. The van der Waals surface area contributed by atoms with Gasteiger partial charge in [0.2, 0.25) is 0 Å². The first-order valence-electron chi connectivity index (χ1n) is 9.47. The van der Waals surface area contributed by atoms with Gasteiger partial charge in [-0.1, -0.05) is 56.5 Å². The molecule has 0 bridgehead atoms. The van der Waals surface area contributed by atoms with Crippen molar-refractivity contribution < 1.29 is 14.3 Å². The molecule has 0 aliphatic carbocycles. The van der Waals surface area contributed by atoms with Gasteiger partial charge in [0.1, 0.15) is 0 Å². The molecule has 0 atom stereocenters. The first-order valence-corrected chi connectivity index (χ1v) is 9.47. The van der Waals surface area contributed by atoms with E-state index in [0.29, 0.717) is 16.8 Å². The summed E-state index contributed by atoms with van der Waals surface area (Å²) in [7, 11) is 1.34. The number of hydrogen-bond acceptors (Lipinski definition) is 3. The molecule has 0 spiro atoms. The Balaban J connectivity index is 1.89. The topological polar surface area (TPSA) is 55.4 Å². The van der Waals surface area contributed by atoms with E-state index in [-0.39, 0.29) is 5.91 Å². The minimum Gasteiger partial charge on any atom is -0.465 e. The van der Waals surface area contributed by atoms with E-state index < -0.39 is 5.97 Å². The highest BCUT2D eigenvalue weighted by molar-refractivity contribution is 6.35. The summed E-state index contributed by atoms with van der Waals surface area (Å²) in [6, 6.07) is 13.4. The molecule has 27 heavy (non-hydrogen) atoms. The predicted octanol–water partition coefficient (Wildman–Crippen LogP) is 5.09. The van der Waals surface area contributed by atoms with Crippen molar-refractivity contribution in [3.63, 3.8) is 0 Å². The highest BCUT2D eigenvalue weighted by Crippen LogP contribution is 2.34. The largest absolute Gasteiger partial charge is 0.465 e. The van der Waals surface area contributed by atoms with E-state index in [1.807, 2.05) is 18.2 Å². The average Bonchev–Trinajstić information content (AvgIpc) is 3.00.